The Kier molecular flexibility index (Phi) is 41.2. The normalized spacial score (nSPS) is 14.8. The van der Waals surface area contributed by atoms with Gasteiger partial charge in [-0.1, -0.05) is 0 Å². The Bertz CT molecular complexity index is 2220. The number of nitrogens with zero attached hydrogens (tertiary/aromatic N) is 3. The lowest BCUT2D eigenvalue weighted by atomic mass is 10.0. The van der Waals surface area contributed by atoms with Crippen molar-refractivity contribution >= 4 is 88.8 Å². The van der Waals surface area contributed by atoms with Crippen LogP contribution in [0.5, 0.6) is 0 Å². The number of nitrogens with one attached hydrogen (secondary N) is 9. The van der Waals surface area contributed by atoms with Gasteiger partial charge < -0.3 is 115 Å². The van der Waals surface area contributed by atoms with Gasteiger partial charge in [-0.15, -0.1) is 0 Å². The SMILES string of the molecule is CSCC[C@H](N)C(=O)N[C@@H](CCCCN)C(=O)N[C@@H](CCCCN)C(=O)N[C@@H](CCCCN)C(=O)N[C@@H](C)C(=O)N[C@@H](C)C(=O)N[C@H](C(=O)N[C@@H](CCCN=C(N)N)C(=O)N[C@@H](CCCN=C(N)N)C(=O)N[C@@H](CCCN=C(N)N)C(=O)O)[C@@H](C)O. The third kappa shape index (κ3) is 34.6. The van der Waals surface area contributed by atoms with Crippen LogP contribution in [0.1, 0.15) is 124 Å². The fraction of sp³-hybridized carbons (Fsp3) is 0.745. The van der Waals surface area contributed by atoms with Crippen LogP contribution in [0.25, 0.3) is 0 Å². The molecule has 86 heavy (non-hydrogen) atoms. The number of aliphatic hydroxyl groups is 1. The van der Waals surface area contributed by atoms with E-state index >= 15 is 0 Å². The number of carboxylic acid groups (broad SMARTS) is 1. The van der Waals surface area contributed by atoms with Gasteiger partial charge in [0, 0.05) is 19.6 Å². The number of carboxylic acids is 1. The molecule has 0 saturated heterocycles. The zero-order valence-corrected chi connectivity index (χ0v) is 50.9. The first kappa shape index (κ1) is 78.7. The molecule has 0 unspecified atom stereocenters. The number of aliphatic imine (C=N–C) groups is 3. The quantitative estimate of drug-likeness (QED) is 0.0153. The Morgan fingerprint density at radius 1 is 0.395 bits per heavy atom. The molecule has 0 rings (SSSR count). The van der Waals surface area contributed by atoms with Crippen LogP contribution in [-0.4, -0.2) is 205 Å². The van der Waals surface area contributed by atoms with E-state index in [1.54, 1.807) is 0 Å². The second kappa shape index (κ2) is 45.0. The first-order valence-corrected chi connectivity index (χ1v) is 30.2. The van der Waals surface area contributed by atoms with E-state index < -0.39 is 126 Å². The number of thioether (sulfide) groups is 1. The zero-order valence-electron chi connectivity index (χ0n) is 50.1. The van der Waals surface area contributed by atoms with Crippen LogP contribution in [0.15, 0.2) is 15.0 Å². The second-order valence-corrected chi connectivity index (χ2v) is 21.5. The molecule has 0 aliphatic carbocycles. The molecule has 0 aromatic heterocycles. The summed E-state index contributed by atoms with van der Waals surface area (Å²) in [5.41, 5.74) is 55.8. The van der Waals surface area contributed by atoms with Crippen molar-refractivity contribution in [1.29, 1.82) is 0 Å². The molecule has 0 heterocycles. The molecule has 0 radical (unpaired) electrons. The van der Waals surface area contributed by atoms with Gasteiger partial charge in [-0.2, -0.15) is 11.8 Å². The first-order chi connectivity index (χ1) is 40.6. The van der Waals surface area contributed by atoms with Crippen LogP contribution >= 0.6 is 11.8 Å². The van der Waals surface area contributed by atoms with E-state index in [9.17, 15) is 58.2 Å². The van der Waals surface area contributed by atoms with Crippen molar-refractivity contribution in [3.63, 3.8) is 0 Å². The van der Waals surface area contributed by atoms with Crippen molar-refractivity contribution in [2.75, 3.05) is 51.3 Å². The van der Waals surface area contributed by atoms with Gasteiger partial charge in [0.1, 0.15) is 54.4 Å². The summed E-state index contributed by atoms with van der Waals surface area (Å²) in [5, 5.41) is 43.5. The maximum absolute atomic E-state index is 14.0. The van der Waals surface area contributed by atoms with Gasteiger partial charge >= 0.3 is 5.97 Å². The first-order valence-electron chi connectivity index (χ1n) is 28.8. The molecular formula is C51H100N22O12S. The molecule has 31 N–H and O–H groups in total. The number of guanidine groups is 3. The lowest BCUT2D eigenvalue weighted by Gasteiger charge is -2.28. The summed E-state index contributed by atoms with van der Waals surface area (Å²) < 4.78 is 0. The molecule has 0 aromatic carbocycles. The molecule has 34 nitrogen and oxygen atoms in total. The highest BCUT2D eigenvalue weighted by Crippen LogP contribution is 2.11. The zero-order chi connectivity index (χ0) is 65.3. The summed E-state index contributed by atoms with van der Waals surface area (Å²) in [7, 11) is 0. The topological polar surface area (TPSA) is 617 Å². The van der Waals surface area contributed by atoms with Crippen LogP contribution in [0, 0.1) is 0 Å². The van der Waals surface area contributed by atoms with Crippen molar-refractivity contribution in [1.82, 2.24) is 47.9 Å². The number of aliphatic hydroxyl groups excluding tert-OH is 1. The molecule has 0 fully saturated rings. The third-order valence-corrected chi connectivity index (χ3v) is 13.6. The minimum absolute atomic E-state index is 0.0122. The molecule has 0 spiro atoms. The van der Waals surface area contributed by atoms with Gasteiger partial charge in [-0.3, -0.25) is 58.1 Å². The van der Waals surface area contributed by atoms with Crippen LogP contribution in [0.2, 0.25) is 0 Å². The summed E-state index contributed by atoms with van der Waals surface area (Å²) in [5.74, 6) is -9.05. The molecule has 35 heteroatoms. The summed E-state index contributed by atoms with van der Waals surface area (Å²) in [6.45, 7) is 4.68. The number of unbranched alkanes of at least 4 members (excludes halogenated alkanes) is 3. The largest absolute Gasteiger partial charge is 0.480 e. The average Bonchev–Trinajstić information content (AvgIpc) is 3.43. The summed E-state index contributed by atoms with van der Waals surface area (Å²) >= 11 is 1.51. The van der Waals surface area contributed by atoms with E-state index in [1.807, 2.05) is 6.26 Å². The lowest BCUT2D eigenvalue weighted by Crippen LogP contribution is -2.61. The van der Waals surface area contributed by atoms with Gasteiger partial charge in [0.25, 0.3) is 0 Å². The predicted octanol–water partition coefficient (Wildman–Crippen LogP) is -7.52. The van der Waals surface area contributed by atoms with Crippen molar-refractivity contribution in [3.8, 4) is 0 Å². The van der Waals surface area contributed by atoms with Crippen molar-refractivity contribution < 1.29 is 58.2 Å². The molecule has 0 bridgehead atoms. The Morgan fingerprint density at radius 3 is 1.01 bits per heavy atom. The Balaban J connectivity index is 6.48. The maximum Gasteiger partial charge on any atom is 0.326 e. The molecule has 0 aliphatic rings. The van der Waals surface area contributed by atoms with E-state index in [-0.39, 0.29) is 102 Å². The van der Waals surface area contributed by atoms with Gasteiger partial charge in [-0.05, 0) is 155 Å². The fourth-order valence-corrected chi connectivity index (χ4v) is 8.55. The Hall–Kier alpha value is -7.34. The summed E-state index contributed by atoms with van der Waals surface area (Å²) in [6, 6.07) is -13.3. The highest BCUT2D eigenvalue weighted by Gasteiger charge is 2.35. The van der Waals surface area contributed by atoms with E-state index in [0.29, 0.717) is 63.8 Å². The number of hydrogen-bond acceptors (Lipinski definition) is 19. The van der Waals surface area contributed by atoms with Crippen LogP contribution in [0.4, 0.5) is 0 Å². The van der Waals surface area contributed by atoms with E-state index in [1.165, 1.54) is 32.5 Å². The number of nitrogens with two attached hydrogens (primary N) is 10. The monoisotopic (exact) mass is 1240 g/mol. The summed E-state index contributed by atoms with van der Waals surface area (Å²) in [6.07, 6.45) is 3.71. The number of rotatable bonds is 47. The smallest absolute Gasteiger partial charge is 0.326 e. The van der Waals surface area contributed by atoms with Crippen molar-refractivity contribution in [2.45, 2.75) is 190 Å². The highest BCUT2D eigenvalue weighted by atomic mass is 32.2. The maximum atomic E-state index is 14.0. The number of aliphatic carboxylic acids is 1. The fourth-order valence-electron chi connectivity index (χ4n) is 8.06. The molecule has 0 saturated carbocycles. The average molecular weight is 1250 g/mol. The molecule has 9 amide bonds. The lowest BCUT2D eigenvalue weighted by molar-refractivity contribution is -0.142. The van der Waals surface area contributed by atoms with Crippen molar-refractivity contribution in [3.05, 3.63) is 0 Å². The van der Waals surface area contributed by atoms with Crippen LogP contribution in [0.3, 0.4) is 0 Å². The third-order valence-electron chi connectivity index (χ3n) is 13.0. The Morgan fingerprint density at radius 2 is 0.686 bits per heavy atom. The number of carbonyl (C=O) groups excluding carboxylic acids is 9. The molecule has 0 aliphatic heterocycles. The van der Waals surface area contributed by atoms with E-state index in [0.717, 1.165) is 0 Å². The highest BCUT2D eigenvalue weighted by molar-refractivity contribution is 7.98. The van der Waals surface area contributed by atoms with E-state index in [2.05, 4.69) is 62.8 Å². The van der Waals surface area contributed by atoms with Crippen molar-refractivity contribution in [2.24, 2.45) is 72.3 Å². The van der Waals surface area contributed by atoms with Gasteiger partial charge in [-0.25, -0.2) is 4.79 Å². The van der Waals surface area contributed by atoms with Gasteiger partial charge in [0.05, 0.1) is 12.1 Å². The summed E-state index contributed by atoms with van der Waals surface area (Å²) in [4.78, 5) is 147. The standard InChI is InChI=1S/C51H100N22O12S/c1-28(66-42(78)32(14-5-8-21-52)68-44(80)34(16-7-10-23-54)69-43(79)33(15-6-9-22-53)67-41(77)31(55)20-27-86-4)39(75)65-29(2)40(76)73-38(30(3)74)47(83)71-36(18-12-25-63-50(58)59)45(81)70-35(17-11-24-62-49(56)57)46(82)72-37(48(84)85)19-13-26-64-51(60)61/h28-38,74H,5-27,52-55H2,1-4H3,(H,65,75)(H,66,78)(H,67,77)(H,68,80)(H,69,79)(H,70,81)(H,71,83)(H,72,82)(H,73,76)(H,84,85)(H4,56,57,62)(H4,58,59,63)(H4,60,61,64)/t28-,29-,30+,31-,32-,33-,34-,35-,36-,37-,38-/m0/s1. The number of carbonyl (C=O) groups is 10. The van der Waals surface area contributed by atoms with Gasteiger partial charge in [0.15, 0.2) is 17.9 Å². The molecular weight excluding hydrogens is 1140 g/mol. The molecule has 492 valence electrons. The van der Waals surface area contributed by atoms with Crippen LogP contribution in [-0.2, 0) is 47.9 Å². The van der Waals surface area contributed by atoms with Crippen LogP contribution < -0.4 is 105 Å². The number of amides is 9. The Labute approximate surface area is 506 Å². The predicted molar refractivity (Wildman–Crippen MR) is 327 cm³/mol. The van der Waals surface area contributed by atoms with E-state index in [4.69, 9.17) is 57.3 Å². The van der Waals surface area contributed by atoms with Gasteiger partial charge in [0.2, 0.25) is 53.2 Å². The second-order valence-electron chi connectivity index (χ2n) is 20.5. The number of hydrogen-bond donors (Lipinski definition) is 21. The minimum Gasteiger partial charge on any atom is -0.480 e. The minimum atomic E-state index is -1.77. The molecule has 11 atom stereocenters. The molecule has 0 aromatic rings.